The first-order valence-corrected chi connectivity index (χ1v) is 8.98. The van der Waals surface area contributed by atoms with Gasteiger partial charge in [0.05, 0.1) is 21.7 Å². The molecule has 0 atom stereocenters. The zero-order valence-corrected chi connectivity index (χ0v) is 15.4. The molecule has 8 nitrogen and oxygen atoms in total. The van der Waals surface area contributed by atoms with Crippen molar-refractivity contribution < 1.29 is 23.6 Å². The summed E-state index contributed by atoms with van der Waals surface area (Å²) in [5, 5.41) is 10.9. The number of fused-ring (bicyclic) bond motifs is 1. The topological polar surface area (TPSA) is 104 Å². The normalized spacial score (nSPS) is 11.6. The van der Waals surface area contributed by atoms with Crippen molar-refractivity contribution in [2.45, 2.75) is 13.5 Å². The van der Waals surface area contributed by atoms with Gasteiger partial charge in [-0.25, -0.2) is 4.39 Å². The van der Waals surface area contributed by atoms with Gasteiger partial charge in [0, 0.05) is 17.7 Å². The van der Waals surface area contributed by atoms with E-state index in [1.165, 1.54) is 41.0 Å². The highest BCUT2D eigenvalue weighted by atomic mass is 32.1. The van der Waals surface area contributed by atoms with Crippen LogP contribution in [0.4, 0.5) is 10.1 Å². The fourth-order valence-corrected chi connectivity index (χ4v) is 3.58. The van der Waals surface area contributed by atoms with Crippen LogP contribution in [0.1, 0.15) is 17.3 Å². The summed E-state index contributed by atoms with van der Waals surface area (Å²) >= 11 is 1.03. The summed E-state index contributed by atoms with van der Waals surface area (Å²) in [5.41, 5.74) is 0.310. The summed E-state index contributed by atoms with van der Waals surface area (Å²) in [4.78, 5) is 38.9. The van der Waals surface area contributed by atoms with Crippen LogP contribution < -0.4 is 4.80 Å². The van der Waals surface area contributed by atoms with Crippen LogP contribution in [-0.4, -0.2) is 28.0 Å². The van der Waals surface area contributed by atoms with Crippen LogP contribution >= 0.6 is 11.3 Å². The first-order valence-electron chi connectivity index (χ1n) is 8.17. The number of nitro benzene ring substituents is 1. The summed E-state index contributed by atoms with van der Waals surface area (Å²) in [5.74, 6) is -1.71. The van der Waals surface area contributed by atoms with Gasteiger partial charge in [0.1, 0.15) is 12.4 Å². The Hall–Kier alpha value is -3.40. The standard InChI is InChI=1S/C18H14FN3O5S/c1-2-27-16(23)10-21-14-7-6-12(19)9-15(14)28-18(21)20-17(24)11-4-3-5-13(8-11)22(25)26/h3-9H,2,10H2,1H3. The van der Waals surface area contributed by atoms with Crippen LogP contribution in [0.2, 0.25) is 0 Å². The van der Waals surface area contributed by atoms with E-state index < -0.39 is 22.6 Å². The fraction of sp³-hybridized carbons (Fsp3) is 0.167. The lowest BCUT2D eigenvalue weighted by molar-refractivity contribution is -0.384. The number of non-ortho nitro benzene ring substituents is 1. The predicted molar refractivity (Wildman–Crippen MR) is 99.4 cm³/mol. The first-order chi connectivity index (χ1) is 13.4. The van der Waals surface area contributed by atoms with E-state index in [9.17, 15) is 24.1 Å². The van der Waals surface area contributed by atoms with Gasteiger partial charge in [0.25, 0.3) is 11.6 Å². The zero-order chi connectivity index (χ0) is 20.3. The Morgan fingerprint density at radius 3 is 2.79 bits per heavy atom. The van der Waals surface area contributed by atoms with Crippen molar-refractivity contribution >= 4 is 39.1 Å². The van der Waals surface area contributed by atoms with E-state index in [0.29, 0.717) is 10.2 Å². The Balaban J connectivity index is 2.10. The molecular weight excluding hydrogens is 389 g/mol. The average molecular weight is 403 g/mol. The Labute approximate surface area is 161 Å². The van der Waals surface area contributed by atoms with Gasteiger partial charge in [-0.3, -0.25) is 19.7 Å². The van der Waals surface area contributed by atoms with Gasteiger partial charge in [-0.15, -0.1) is 0 Å². The number of rotatable bonds is 5. The summed E-state index contributed by atoms with van der Waals surface area (Å²) in [6.07, 6.45) is 0. The molecule has 0 saturated heterocycles. The third kappa shape index (κ3) is 4.12. The van der Waals surface area contributed by atoms with Crippen LogP contribution in [0.5, 0.6) is 0 Å². The van der Waals surface area contributed by atoms with Gasteiger partial charge in [0.15, 0.2) is 4.80 Å². The molecule has 0 aliphatic rings. The second-order valence-electron chi connectivity index (χ2n) is 5.61. The molecule has 1 amide bonds. The van der Waals surface area contributed by atoms with E-state index in [1.807, 2.05) is 0 Å². The van der Waals surface area contributed by atoms with Gasteiger partial charge >= 0.3 is 5.97 Å². The number of carbonyl (C=O) groups is 2. The Morgan fingerprint density at radius 1 is 1.29 bits per heavy atom. The molecule has 10 heteroatoms. The van der Waals surface area contributed by atoms with Gasteiger partial charge in [0.2, 0.25) is 0 Å². The van der Waals surface area contributed by atoms with E-state index >= 15 is 0 Å². The second kappa shape index (κ2) is 8.09. The number of nitrogens with zero attached hydrogens (tertiary/aromatic N) is 3. The Morgan fingerprint density at radius 2 is 2.07 bits per heavy atom. The van der Waals surface area contributed by atoms with Crippen molar-refractivity contribution in [3.63, 3.8) is 0 Å². The van der Waals surface area contributed by atoms with E-state index in [2.05, 4.69) is 4.99 Å². The van der Waals surface area contributed by atoms with Crippen molar-refractivity contribution in [1.29, 1.82) is 0 Å². The van der Waals surface area contributed by atoms with Gasteiger partial charge in [-0.2, -0.15) is 4.99 Å². The largest absolute Gasteiger partial charge is 0.465 e. The van der Waals surface area contributed by atoms with Crippen molar-refractivity contribution in [1.82, 2.24) is 4.57 Å². The number of aromatic nitrogens is 1. The maximum Gasteiger partial charge on any atom is 0.326 e. The molecule has 1 aromatic heterocycles. The predicted octanol–water partition coefficient (Wildman–Crippen LogP) is 3.05. The molecule has 3 rings (SSSR count). The summed E-state index contributed by atoms with van der Waals surface area (Å²) in [7, 11) is 0. The third-order valence-corrected chi connectivity index (χ3v) is 4.78. The molecule has 0 saturated carbocycles. The van der Waals surface area contributed by atoms with Gasteiger partial charge in [-0.1, -0.05) is 17.4 Å². The number of hydrogen-bond acceptors (Lipinski definition) is 6. The number of thiazole rings is 1. The zero-order valence-electron chi connectivity index (χ0n) is 14.6. The molecule has 0 aliphatic heterocycles. The highest BCUT2D eigenvalue weighted by Gasteiger charge is 2.15. The number of esters is 1. The highest BCUT2D eigenvalue weighted by Crippen LogP contribution is 2.19. The van der Waals surface area contributed by atoms with Crippen LogP contribution in [-0.2, 0) is 16.1 Å². The molecule has 0 N–H and O–H groups in total. The van der Waals surface area contributed by atoms with Crippen molar-refractivity contribution in [3.05, 3.63) is 68.8 Å². The fourth-order valence-electron chi connectivity index (χ4n) is 2.52. The van der Waals surface area contributed by atoms with E-state index in [0.717, 1.165) is 17.4 Å². The molecule has 0 fully saturated rings. The Bertz CT molecular complexity index is 1150. The molecule has 2 aromatic carbocycles. The maximum atomic E-state index is 13.6. The van der Waals surface area contributed by atoms with Crippen LogP contribution in [0, 0.1) is 15.9 Å². The van der Waals surface area contributed by atoms with Gasteiger partial charge < -0.3 is 9.30 Å². The first kappa shape index (κ1) is 19.4. The number of nitro groups is 1. The van der Waals surface area contributed by atoms with Crippen molar-refractivity contribution in [2.75, 3.05) is 6.61 Å². The number of ether oxygens (including phenoxy) is 1. The molecule has 144 valence electrons. The van der Waals surface area contributed by atoms with E-state index in [4.69, 9.17) is 4.74 Å². The minimum absolute atomic E-state index is 0.0283. The maximum absolute atomic E-state index is 13.6. The van der Waals surface area contributed by atoms with Crippen LogP contribution in [0.25, 0.3) is 10.2 Å². The lowest BCUT2D eigenvalue weighted by atomic mass is 10.2. The lowest BCUT2D eigenvalue weighted by Crippen LogP contribution is -2.23. The molecule has 0 unspecified atom stereocenters. The minimum atomic E-state index is -0.715. The lowest BCUT2D eigenvalue weighted by Gasteiger charge is -2.05. The summed E-state index contributed by atoms with van der Waals surface area (Å²) in [6, 6.07) is 9.17. The quantitative estimate of drug-likeness (QED) is 0.370. The number of amides is 1. The Kier molecular flexibility index (Phi) is 5.59. The number of hydrogen-bond donors (Lipinski definition) is 0. The molecule has 3 aromatic rings. The molecule has 0 aliphatic carbocycles. The monoisotopic (exact) mass is 403 g/mol. The molecule has 0 radical (unpaired) electrons. The highest BCUT2D eigenvalue weighted by molar-refractivity contribution is 7.16. The summed E-state index contributed by atoms with van der Waals surface area (Å²) < 4.78 is 20.4. The number of halogens is 1. The van der Waals surface area contributed by atoms with E-state index in [1.54, 1.807) is 6.92 Å². The number of carbonyl (C=O) groups excluding carboxylic acids is 2. The molecule has 1 heterocycles. The second-order valence-corrected chi connectivity index (χ2v) is 6.62. The van der Waals surface area contributed by atoms with E-state index in [-0.39, 0.29) is 29.2 Å². The molecule has 0 bridgehead atoms. The molecular formula is C18H14FN3O5S. The third-order valence-electron chi connectivity index (χ3n) is 3.74. The van der Waals surface area contributed by atoms with Crippen LogP contribution in [0.15, 0.2) is 47.5 Å². The SMILES string of the molecule is CCOC(=O)Cn1c(=NC(=O)c2cccc([N+](=O)[O-])c2)sc2cc(F)ccc21. The van der Waals surface area contributed by atoms with Gasteiger partial charge in [-0.05, 0) is 31.2 Å². The average Bonchev–Trinajstić information content (AvgIpc) is 2.98. The minimum Gasteiger partial charge on any atom is -0.465 e. The van der Waals surface area contributed by atoms with Crippen molar-refractivity contribution in [3.8, 4) is 0 Å². The molecule has 0 spiro atoms. The smallest absolute Gasteiger partial charge is 0.326 e. The number of benzene rings is 2. The molecule has 28 heavy (non-hydrogen) atoms. The summed E-state index contributed by atoms with van der Waals surface area (Å²) in [6.45, 7) is 1.65. The van der Waals surface area contributed by atoms with Crippen molar-refractivity contribution in [2.24, 2.45) is 4.99 Å². The van der Waals surface area contributed by atoms with Crippen LogP contribution in [0.3, 0.4) is 0 Å².